The van der Waals surface area contributed by atoms with Crippen LogP contribution < -0.4 is 5.56 Å². The molecule has 2 aromatic rings. The second-order valence-electron chi connectivity index (χ2n) is 4.43. The Hall–Kier alpha value is -2.92. The van der Waals surface area contributed by atoms with E-state index in [1.165, 1.54) is 4.68 Å². The van der Waals surface area contributed by atoms with Crippen molar-refractivity contribution in [1.29, 1.82) is 10.5 Å². The fourth-order valence-electron chi connectivity index (χ4n) is 1.94. The maximum absolute atomic E-state index is 12.2. The highest BCUT2D eigenvalue weighted by Gasteiger charge is 2.12. The molecule has 0 fully saturated rings. The van der Waals surface area contributed by atoms with Crippen molar-refractivity contribution < 1.29 is 0 Å². The van der Waals surface area contributed by atoms with Gasteiger partial charge in [0.15, 0.2) is 0 Å². The molecule has 5 nitrogen and oxygen atoms in total. The van der Waals surface area contributed by atoms with Crippen LogP contribution in [0.1, 0.15) is 27.9 Å². The van der Waals surface area contributed by atoms with Crippen molar-refractivity contribution in [3.05, 3.63) is 62.6 Å². The number of nitriles is 2. The van der Waals surface area contributed by atoms with E-state index in [0.717, 1.165) is 0 Å². The standard InChI is InChI=1S/C15H12N4O/c1-10-11(2)18-19(15(20)14(10)8-17)9-13-6-4-3-5-12(13)7-16/h3-6H,9H2,1-2H3. The van der Waals surface area contributed by atoms with Gasteiger partial charge in [-0.05, 0) is 31.0 Å². The van der Waals surface area contributed by atoms with E-state index in [1.54, 1.807) is 38.1 Å². The second-order valence-corrected chi connectivity index (χ2v) is 4.43. The van der Waals surface area contributed by atoms with E-state index in [-0.39, 0.29) is 12.1 Å². The molecule has 0 amide bonds. The molecule has 5 heteroatoms. The summed E-state index contributed by atoms with van der Waals surface area (Å²) in [7, 11) is 0. The molecule has 0 unspecified atom stereocenters. The molecule has 0 aliphatic heterocycles. The lowest BCUT2D eigenvalue weighted by Gasteiger charge is -2.09. The molecule has 0 saturated heterocycles. The molecule has 1 aromatic heterocycles. The number of rotatable bonds is 2. The summed E-state index contributed by atoms with van der Waals surface area (Å²) in [6.45, 7) is 3.64. The Kier molecular flexibility index (Phi) is 3.63. The van der Waals surface area contributed by atoms with Crippen molar-refractivity contribution in [3.8, 4) is 12.1 Å². The van der Waals surface area contributed by atoms with Crippen molar-refractivity contribution in [1.82, 2.24) is 9.78 Å². The fourth-order valence-corrected chi connectivity index (χ4v) is 1.94. The highest BCUT2D eigenvalue weighted by molar-refractivity contribution is 5.39. The Labute approximate surface area is 116 Å². The Morgan fingerprint density at radius 1 is 1.20 bits per heavy atom. The van der Waals surface area contributed by atoms with Crippen LogP contribution in [0.15, 0.2) is 29.1 Å². The van der Waals surface area contributed by atoms with Crippen LogP contribution in [0.2, 0.25) is 0 Å². The monoisotopic (exact) mass is 264 g/mol. The number of hydrogen-bond acceptors (Lipinski definition) is 4. The number of benzene rings is 1. The summed E-state index contributed by atoms with van der Waals surface area (Å²) in [6, 6.07) is 11.0. The Balaban J connectivity index is 2.57. The average molecular weight is 264 g/mol. The Bertz CT molecular complexity index is 806. The molecule has 0 N–H and O–H groups in total. The minimum absolute atomic E-state index is 0.104. The molecule has 0 bridgehead atoms. The van der Waals surface area contributed by atoms with Crippen LogP contribution in [0.5, 0.6) is 0 Å². The van der Waals surface area contributed by atoms with E-state index in [2.05, 4.69) is 11.2 Å². The van der Waals surface area contributed by atoms with Gasteiger partial charge in [0.05, 0.1) is 23.9 Å². The highest BCUT2D eigenvalue weighted by Crippen LogP contribution is 2.10. The molecule has 0 aliphatic rings. The first-order chi connectivity index (χ1) is 9.58. The van der Waals surface area contributed by atoms with Gasteiger partial charge in [0.1, 0.15) is 11.6 Å². The molecule has 20 heavy (non-hydrogen) atoms. The van der Waals surface area contributed by atoms with Crippen molar-refractivity contribution in [2.45, 2.75) is 20.4 Å². The molecule has 0 aliphatic carbocycles. The number of aryl methyl sites for hydroxylation is 1. The first-order valence-corrected chi connectivity index (χ1v) is 6.05. The van der Waals surface area contributed by atoms with Crippen molar-refractivity contribution in [2.24, 2.45) is 0 Å². The smallest absolute Gasteiger partial charge is 0.266 e. The molecular formula is C15H12N4O. The van der Waals surface area contributed by atoms with Crippen LogP contribution in [0, 0.1) is 36.5 Å². The Morgan fingerprint density at radius 2 is 1.90 bits per heavy atom. The third kappa shape index (κ3) is 2.30. The van der Waals surface area contributed by atoms with Gasteiger partial charge >= 0.3 is 0 Å². The van der Waals surface area contributed by atoms with Gasteiger partial charge in [0.25, 0.3) is 5.56 Å². The van der Waals surface area contributed by atoms with Crippen LogP contribution in [-0.2, 0) is 6.54 Å². The predicted molar refractivity (Wildman–Crippen MR) is 72.9 cm³/mol. The average Bonchev–Trinajstić information content (AvgIpc) is 2.46. The lowest BCUT2D eigenvalue weighted by atomic mass is 10.1. The van der Waals surface area contributed by atoms with Crippen LogP contribution in [0.3, 0.4) is 0 Å². The van der Waals surface area contributed by atoms with Crippen LogP contribution >= 0.6 is 0 Å². The van der Waals surface area contributed by atoms with Crippen LogP contribution in [-0.4, -0.2) is 9.78 Å². The normalized spacial score (nSPS) is 9.80. The number of hydrogen-bond donors (Lipinski definition) is 0. The molecule has 0 saturated carbocycles. The quantitative estimate of drug-likeness (QED) is 0.825. The van der Waals surface area contributed by atoms with Crippen LogP contribution in [0.4, 0.5) is 0 Å². The van der Waals surface area contributed by atoms with Gasteiger partial charge in [-0.3, -0.25) is 4.79 Å². The number of nitrogens with zero attached hydrogens (tertiary/aromatic N) is 4. The largest absolute Gasteiger partial charge is 0.285 e. The second kappa shape index (κ2) is 5.38. The van der Waals surface area contributed by atoms with E-state index in [0.29, 0.717) is 22.4 Å². The maximum Gasteiger partial charge on any atom is 0.285 e. The zero-order valence-corrected chi connectivity index (χ0v) is 11.2. The fraction of sp³-hybridized carbons (Fsp3) is 0.200. The maximum atomic E-state index is 12.2. The van der Waals surface area contributed by atoms with E-state index in [4.69, 9.17) is 10.5 Å². The SMILES string of the molecule is Cc1nn(Cc2ccccc2C#N)c(=O)c(C#N)c1C. The summed E-state index contributed by atoms with van der Waals surface area (Å²) >= 11 is 0. The van der Waals surface area contributed by atoms with E-state index < -0.39 is 5.56 Å². The summed E-state index contributed by atoms with van der Waals surface area (Å²) in [4.78, 5) is 12.2. The Morgan fingerprint density at radius 3 is 2.55 bits per heavy atom. The van der Waals surface area contributed by atoms with Gasteiger partial charge in [-0.2, -0.15) is 15.6 Å². The predicted octanol–water partition coefficient (Wildman–Crippen LogP) is 1.65. The van der Waals surface area contributed by atoms with Gasteiger partial charge in [-0.15, -0.1) is 0 Å². The first-order valence-electron chi connectivity index (χ1n) is 6.05. The van der Waals surface area contributed by atoms with Crippen LogP contribution in [0.25, 0.3) is 0 Å². The highest BCUT2D eigenvalue weighted by atomic mass is 16.1. The minimum atomic E-state index is -0.427. The summed E-state index contributed by atoms with van der Waals surface area (Å²) in [6.07, 6.45) is 0. The molecule has 1 heterocycles. The van der Waals surface area contributed by atoms with E-state index in [9.17, 15) is 4.79 Å². The molecule has 98 valence electrons. The van der Waals surface area contributed by atoms with Gasteiger partial charge in [-0.25, -0.2) is 4.68 Å². The van der Waals surface area contributed by atoms with E-state index >= 15 is 0 Å². The zero-order valence-electron chi connectivity index (χ0n) is 11.2. The molecule has 0 atom stereocenters. The first kappa shape index (κ1) is 13.5. The lowest BCUT2D eigenvalue weighted by Crippen LogP contribution is -2.28. The molecule has 2 rings (SSSR count). The summed E-state index contributed by atoms with van der Waals surface area (Å²) in [5, 5.41) is 22.3. The number of aromatic nitrogens is 2. The zero-order chi connectivity index (χ0) is 14.7. The third-order valence-corrected chi connectivity index (χ3v) is 3.21. The van der Waals surface area contributed by atoms with Gasteiger partial charge in [-0.1, -0.05) is 18.2 Å². The van der Waals surface area contributed by atoms with Gasteiger partial charge in [0.2, 0.25) is 0 Å². The minimum Gasteiger partial charge on any atom is -0.266 e. The molecule has 1 aromatic carbocycles. The molecular weight excluding hydrogens is 252 g/mol. The van der Waals surface area contributed by atoms with Crippen molar-refractivity contribution >= 4 is 0 Å². The summed E-state index contributed by atoms with van der Waals surface area (Å²) in [5.74, 6) is 0. The lowest BCUT2D eigenvalue weighted by molar-refractivity contribution is 0.622. The topological polar surface area (TPSA) is 82.5 Å². The third-order valence-electron chi connectivity index (χ3n) is 3.21. The molecule has 0 spiro atoms. The van der Waals surface area contributed by atoms with Gasteiger partial charge < -0.3 is 0 Å². The van der Waals surface area contributed by atoms with Crippen molar-refractivity contribution in [3.63, 3.8) is 0 Å². The summed E-state index contributed by atoms with van der Waals surface area (Å²) in [5.41, 5.74) is 2.11. The van der Waals surface area contributed by atoms with Crippen molar-refractivity contribution in [2.75, 3.05) is 0 Å². The molecule has 0 radical (unpaired) electrons. The summed E-state index contributed by atoms with van der Waals surface area (Å²) < 4.78 is 1.23. The van der Waals surface area contributed by atoms with Gasteiger partial charge in [0, 0.05) is 0 Å². The van der Waals surface area contributed by atoms with E-state index in [1.807, 2.05) is 6.07 Å².